The largest absolute Gasteiger partial charge is 0.344 e. The maximum absolute atomic E-state index is 12.5. The van der Waals surface area contributed by atoms with E-state index in [4.69, 9.17) is 0 Å². The number of carbonyl (C=O) groups excluding carboxylic acids is 2. The molecular weight excluding hydrogens is 262 g/mol. The summed E-state index contributed by atoms with van der Waals surface area (Å²) in [6.07, 6.45) is 2.88. The second-order valence-corrected chi connectivity index (χ2v) is 5.31. The molecule has 0 spiro atoms. The van der Waals surface area contributed by atoms with E-state index in [0.717, 1.165) is 38.9 Å². The van der Waals surface area contributed by atoms with Crippen LogP contribution in [0.25, 0.3) is 0 Å². The van der Waals surface area contributed by atoms with E-state index in [1.54, 1.807) is 0 Å². The summed E-state index contributed by atoms with van der Waals surface area (Å²) in [6.45, 7) is 6.13. The van der Waals surface area contributed by atoms with Crippen molar-refractivity contribution in [2.24, 2.45) is 0 Å². The highest BCUT2D eigenvalue weighted by Crippen LogP contribution is 2.14. The number of hydrogen-bond acceptors (Lipinski definition) is 4. The van der Waals surface area contributed by atoms with Gasteiger partial charge in [0.05, 0.1) is 0 Å². The van der Waals surface area contributed by atoms with Crippen LogP contribution in [0, 0.1) is 0 Å². The molecule has 5 nitrogen and oxygen atoms in total. The quantitative estimate of drug-likeness (QED) is 0.620. The molecule has 2 N–H and O–H groups in total. The molecule has 0 aromatic rings. The number of amides is 2. The van der Waals surface area contributed by atoms with Gasteiger partial charge in [-0.15, -0.1) is 0 Å². The summed E-state index contributed by atoms with van der Waals surface area (Å²) in [6, 6.07) is -0.230. The van der Waals surface area contributed by atoms with Gasteiger partial charge in [-0.25, -0.2) is 0 Å². The van der Waals surface area contributed by atoms with Gasteiger partial charge in [0.15, 0.2) is 0 Å². The van der Waals surface area contributed by atoms with Crippen LogP contribution >= 0.6 is 12.6 Å². The second kappa shape index (κ2) is 8.43. The van der Waals surface area contributed by atoms with E-state index in [-0.39, 0.29) is 17.9 Å². The Kier molecular flexibility index (Phi) is 7.23. The number of hydrogen-bond donors (Lipinski definition) is 3. The third-order valence-electron chi connectivity index (χ3n) is 3.36. The number of nitrogens with zero attached hydrogens (tertiary/aromatic N) is 1. The van der Waals surface area contributed by atoms with Gasteiger partial charge in [-0.3, -0.25) is 9.59 Å². The molecule has 0 aromatic heterocycles. The van der Waals surface area contributed by atoms with E-state index in [9.17, 15) is 9.59 Å². The Morgan fingerprint density at radius 3 is 2.53 bits per heavy atom. The van der Waals surface area contributed by atoms with E-state index in [1.165, 1.54) is 6.92 Å². The molecule has 0 radical (unpaired) electrons. The lowest BCUT2D eigenvalue weighted by Gasteiger charge is -2.36. The molecule has 110 valence electrons. The Balaban J connectivity index is 2.71. The molecular formula is C13H25N3O2S. The van der Waals surface area contributed by atoms with Gasteiger partial charge in [-0.1, -0.05) is 6.92 Å². The number of thiol groups is 1. The number of carbonyl (C=O) groups is 2. The van der Waals surface area contributed by atoms with Crippen molar-refractivity contribution >= 4 is 24.4 Å². The number of nitrogens with one attached hydrogen (secondary N) is 2. The van der Waals surface area contributed by atoms with Crippen LogP contribution in [0.3, 0.4) is 0 Å². The summed E-state index contributed by atoms with van der Waals surface area (Å²) >= 11 is 4.18. The first-order chi connectivity index (χ1) is 9.10. The predicted molar refractivity (Wildman–Crippen MR) is 79.4 cm³/mol. The first-order valence-corrected chi connectivity index (χ1v) is 7.62. The first kappa shape index (κ1) is 16.3. The molecule has 1 atom stereocenters. The summed E-state index contributed by atoms with van der Waals surface area (Å²) < 4.78 is 0. The highest BCUT2D eigenvalue weighted by molar-refractivity contribution is 7.80. The topological polar surface area (TPSA) is 61.4 Å². The fourth-order valence-corrected chi connectivity index (χ4v) is 2.71. The maximum Gasteiger partial charge on any atom is 0.246 e. The highest BCUT2D eigenvalue weighted by Gasteiger charge is 2.29. The molecule has 0 aromatic carbocycles. The van der Waals surface area contributed by atoms with Gasteiger partial charge in [0.2, 0.25) is 11.8 Å². The molecule has 0 bridgehead atoms. The molecule has 1 aliphatic rings. The lowest BCUT2D eigenvalue weighted by molar-refractivity contribution is -0.138. The van der Waals surface area contributed by atoms with Crippen LogP contribution in [0.2, 0.25) is 0 Å². The minimum absolute atomic E-state index is 0.000972. The molecule has 1 heterocycles. The minimum Gasteiger partial charge on any atom is -0.344 e. The molecule has 19 heavy (non-hydrogen) atoms. The lowest BCUT2D eigenvalue weighted by atomic mass is 10.0. The zero-order valence-corrected chi connectivity index (χ0v) is 12.7. The van der Waals surface area contributed by atoms with Crippen LogP contribution in [-0.4, -0.2) is 54.2 Å². The van der Waals surface area contributed by atoms with Crippen LogP contribution in [0.15, 0.2) is 0 Å². The number of rotatable bonds is 6. The van der Waals surface area contributed by atoms with Crippen molar-refractivity contribution in [3.05, 3.63) is 0 Å². The van der Waals surface area contributed by atoms with Crippen LogP contribution < -0.4 is 10.6 Å². The number of piperidine rings is 1. The van der Waals surface area contributed by atoms with E-state index < -0.39 is 6.04 Å². The monoisotopic (exact) mass is 287 g/mol. The smallest absolute Gasteiger partial charge is 0.246 e. The molecule has 6 heteroatoms. The Labute approximate surface area is 120 Å². The van der Waals surface area contributed by atoms with Crippen molar-refractivity contribution in [3.63, 3.8) is 0 Å². The fourth-order valence-electron chi connectivity index (χ4n) is 2.46. The summed E-state index contributed by atoms with van der Waals surface area (Å²) in [5, 5.41) is 5.99. The van der Waals surface area contributed by atoms with Crippen LogP contribution in [-0.2, 0) is 9.59 Å². The normalized spacial score (nSPS) is 17.8. The van der Waals surface area contributed by atoms with Gasteiger partial charge in [-0.05, 0) is 32.4 Å². The van der Waals surface area contributed by atoms with Gasteiger partial charge in [-0.2, -0.15) is 12.6 Å². The third kappa shape index (κ3) is 5.03. The van der Waals surface area contributed by atoms with Crippen molar-refractivity contribution in [1.29, 1.82) is 0 Å². The fraction of sp³-hybridized carbons (Fsp3) is 0.846. The summed E-state index contributed by atoms with van der Waals surface area (Å²) in [7, 11) is 0. The minimum atomic E-state index is -0.512. The Morgan fingerprint density at radius 1 is 1.42 bits per heavy atom. The van der Waals surface area contributed by atoms with Crippen molar-refractivity contribution in [1.82, 2.24) is 15.5 Å². The van der Waals surface area contributed by atoms with Crippen molar-refractivity contribution in [2.45, 2.75) is 45.2 Å². The molecule has 0 saturated carbocycles. The molecule has 1 unspecified atom stereocenters. The van der Waals surface area contributed by atoms with Crippen LogP contribution in [0.1, 0.15) is 33.1 Å². The first-order valence-electron chi connectivity index (χ1n) is 6.99. The van der Waals surface area contributed by atoms with Gasteiger partial charge < -0.3 is 15.5 Å². The second-order valence-electron chi connectivity index (χ2n) is 4.95. The van der Waals surface area contributed by atoms with Gasteiger partial charge in [0, 0.05) is 25.3 Å². The van der Waals surface area contributed by atoms with E-state index in [0.29, 0.717) is 5.75 Å². The lowest BCUT2D eigenvalue weighted by Crippen LogP contribution is -2.54. The average Bonchev–Trinajstić information content (AvgIpc) is 2.42. The molecule has 2 amide bonds. The van der Waals surface area contributed by atoms with Crippen molar-refractivity contribution < 1.29 is 9.59 Å². The maximum atomic E-state index is 12.5. The predicted octanol–water partition coefficient (Wildman–Crippen LogP) is 0.412. The van der Waals surface area contributed by atoms with Gasteiger partial charge >= 0.3 is 0 Å². The van der Waals surface area contributed by atoms with E-state index >= 15 is 0 Å². The van der Waals surface area contributed by atoms with Crippen LogP contribution in [0.4, 0.5) is 0 Å². The Hall–Kier alpha value is -0.750. The zero-order valence-electron chi connectivity index (χ0n) is 11.8. The molecule has 1 saturated heterocycles. The van der Waals surface area contributed by atoms with E-state index in [2.05, 4.69) is 30.2 Å². The Morgan fingerprint density at radius 2 is 2.05 bits per heavy atom. The SMILES string of the molecule is CCCN(C(=O)C(CS)NC(C)=O)C1CCNCC1. The molecule has 0 aliphatic carbocycles. The van der Waals surface area contributed by atoms with Crippen molar-refractivity contribution in [2.75, 3.05) is 25.4 Å². The summed E-state index contributed by atoms with van der Waals surface area (Å²) in [4.78, 5) is 25.6. The highest BCUT2D eigenvalue weighted by atomic mass is 32.1. The summed E-state index contributed by atoms with van der Waals surface area (Å²) in [5.74, 6) is 0.150. The van der Waals surface area contributed by atoms with E-state index in [1.807, 2.05) is 4.90 Å². The molecule has 1 fully saturated rings. The van der Waals surface area contributed by atoms with Gasteiger partial charge in [0.25, 0.3) is 0 Å². The molecule has 1 aliphatic heterocycles. The Bertz CT molecular complexity index is 306. The summed E-state index contributed by atoms with van der Waals surface area (Å²) in [5.41, 5.74) is 0. The van der Waals surface area contributed by atoms with Gasteiger partial charge in [0.1, 0.15) is 6.04 Å². The standard InChI is InChI=1S/C13H25N3O2S/c1-3-8-16(11-4-6-14-7-5-11)13(18)12(9-19)15-10(2)17/h11-12,14,19H,3-9H2,1-2H3,(H,15,17). The molecule has 1 rings (SSSR count). The third-order valence-corrected chi connectivity index (χ3v) is 3.72. The van der Waals surface area contributed by atoms with Crippen LogP contribution in [0.5, 0.6) is 0 Å². The van der Waals surface area contributed by atoms with Crippen molar-refractivity contribution in [3.8, 4) is 0 Å². The average molecular weight is 287 g/mol. The zero-order chi connectivity index (χ0) is 14.3.